The van der Waals surface area contributed by atoms with E-state index in [-0.39, 0.29) is 0 Å². The summed E-state index contributed by atoms with van der Waals surface area (Å²) in [7, 11) is 0. The van der Waals surface area contributed by atoms with Gasteiger partial charge in [0, 0.05) is 4.90 Å². The lowest BCUT2D eigenvalue weighted by Gasteiger charge is -2.13. The van der Waals surface area contributed by atoms with Gasteiger partial charge < -0.3 is 5.11 Å². The van der Waals surface area contributed by atoms with Gasteiger partial charge in [-0.2, -0.15) is 0 Å². The molecule has 2 aromatic rings. The molecular formula is C16H16O2S. The molecule has 1 N–H and O–H groups in total. The van der Waals surface area contributed by atoms with Crippen LogP contribution in [0.3, 0.4) is 0 Å². The Bertz CT molecular complexity index is 558. The summed E-state index contributed by atoms with van der Waals surface area (Å²) in [6.07, 6.45) is 0. The van der Waals surface area contributed by atoms with Crippen LogP contribution in [0.4, 0.5) is 0 Å². The summed E-state index contributed by atoms with van der Waals surface area (Å²) >= 11 is 1.38. The number of benzene rings is 2. The molecule has 0 heterocycles. The molecule has 0 radical (unpaired) electrons. The maximum Gasteiger partial charge on any atom is 0.321 e. The molecule has 2 aromatic carbocycles. The van der Waals surface area contributed by atoms with Crippen molar-refractivity contribution in [2.75, 3.05) is 0 Å². The van der Waals surface area contributed by atoms with E-state index in [9.17, 15) is 9.90 Å². The second kappa shape index (κ2) is 5.93. The molecule has 0 aliphatic carbocycles. The van der Waals surface area contributed by atoms with Gasteiger partial charge in [0.15, 0.2) is 0 Å². The van der Waals surface area contributed by atoms with Gasteiger partial charge in [0.25, 0.3) is 0 Å². The first-order chi connectivity index (χ1) is 9.06. The fourth-order valence-electron chi connectivity index (χ4n) is 2.03. The molecule has 98 valence electrons. The molecule has 0 saturated heterocycles. The molecule has 1 atom stereocenters. The predicted octanol–water partition coefficient (Wildman–Crippen LogP) is 4.22. The average Bonchev–Trinajstić information content (AvgIpc) is 2.35. The van der Waals surface area contributed by atoms with Crippen LogP contribution in [0.25, 0.3) is 0 Å². The van der Waals surface area contributed by atoms with Crippen molar-refractivity contribution in [1.82, 2.24) is 0 Å². The van der Waals surface area contributed by atoms with Crippen LogP contribution in [0, 0.1) is 13.8 Å². The van der Waals surface area contributed by atoms with Gasteiger partial charge in [0.2, 0.25) is 0 Å². The molecule has 19 heavy (non-hydrogen) atoms. The van der Waals surface area contributed by atoms with E-state index in [1.807, 2.05) is 56.3 Å². The van der Waals surface area contributed by atoms with Gasteiger partial charge in [-0.15, -0.1) is 11.8 Å². The SMILES string of the molecule is Cc1cc(C)cc(SC(C(=O)O)c2ccccc2)c1. The third-order valence-electron chi connectivity index (χ3n) is 2.78. The van der Waals surface area contributed by atoms with Gasteiger partial charge in [-0.25, -0.2) is 0 Å². The Kier molecular flexibility index (Phi) is 4.27. The molecule has 0 bridgehead atoms. The standard InChI is InChI=1S/C16H16O2S/c1-11-8-12(2)10-14(9-11)19-15(16(17)18)13-6-4-3-5-7-13/h3-10,15H,1-2H3,(H,17,18). The summed E-state index contributed by atoms with van der Waals surface area (Å²) in [5.41, 5.74) is 3.12. The highest BCUT2D eigenvalue weighted by Crippen LogP contribution is 2.36. The average molecular weight is 272 g/mol. The zero-order valence-corrected chi connectivity index (χ0v) is 11.8. The van der Waals surface area contributed by atoms with Crippen LogP contribution in [0.5, 0.6) is 0 Å². The Morgan fingerprint density at radius 2 is 1.63 bits per heavy atom. The van der Waals surface area contributed by atoms with Crippen molar-refractivity contribution in [3.8, 4) is 0 Å². The smallest absolute Gasteiger partial charge is 0.321 e. The maximum atomic E-state index is 11.5. The fraction of sp³-hybridized carbons (Fsp3) is 0.188. The highest BCUT2D eigenvalue weighted by atomic mass is 32.2. The Morgan fingerprint density at radius 1 is 1.05 bits per heavy atom. The lowest BCUT2D eigenvalue weighted by atomic mass is 10.1. The number of carboxylic acids is 1. The highest BCUT2D eigenvalue weighted by Gasteiger charge is 2.21. The number of hydrogen-bond acceptors (Lipinski definition) is 2. The third kappa shape index (κ3) is 3.61. The van der Waals surface area contributed by atoms with Crippen LogP contribution >= 0.6 is 11.8 Å². The Hall–Kier alpha value is -1.74. The van der Waals surface area contributed by atoms with Gasteiger partial charge in [-0.3, -0.25) is 4.79 Å². The van der Waals surface area contributed by atoms with Crippen LogP contribution < -0.4 is 0 Å². The highest BCUT2D eigenvalue weighted by molar-refractivity contribution is 8.00. The van der Waals surface area contributed by atoms with Gasteiger partial charge in [-0.1, -0.05) is 36.4 Å². The number of carboxylic acid groups (broad SMARTS) is 1. The number of thioether (sulfide) groups is 1. The van der Waals surface area contributed by atoms with Crippen molar-refractivity contribution in [2.45, 2.75) is 24.0 Å². The zero-order valence-electron chi connectivity index (χ0n) is 11.0. The molecular weight excluding hydrogens is 256 g/mol. The first-order valence-electron chi connectivity index (χ1n) is 6.09. The van der Waals surface area contributed by atoms with E-state index in [1.54, 1.807) is 0 Å². The Morgan fingerprint density at radius 3 is 2.16 bits per heavy atom. The number of rotatable bonds is 4. The van der Waals surface area contributed by atoms with E-state index in [0.29, 0.717) is 0 Å². The second-order valence-electron chi connectivity index (χ2n) is 4.57. The van der Waals surface area contributed by atoms with E-state index in [0.717, 1.165) is 21.6 Å². The van der Waals surface area contributed by atoms with Crippen molar-refractivity contribution in [3.05, 3.63) is 65.2 Å². The van der Waals surface area contributed by atoms with Crippen LogP contribution in [-0.2, 0) is 4.79 Å². The molecule has 0 spiro atoms. The van der Waals surface area contributed by atoms with E-state index in [1.165, 1.54) is 11.8 Å². The quantitative estimate of drug-likeness (QED) is 0.847. The van der Waals surface area contributed by atoms with Gasteiger partial charge in [0.05, 0.1) is 0 Å². The molecule has 2 rings (SSSR count). The topological polar surface area (TPSA) is 37.3 Å². The van der Waals surface area contributed by atoms with Crippen LogP contribution in [0.1, 0.15) is 21.9 Å². The van der Waals surface area contributed by atoms with Crippen molar-refractivity contribution in [2.24, 2.45) is 0 Å². The Balaban J connectivity index is 2.29. The van der Waals surface area contributed by atoms with Crippen molar-refractivity contribution < 1.29 is 9.90 Å². The fourth-order valence-corrected chi connectivity index (χ4v) is 3.20. The predicted molar refractivity (Wildman–Crippen MR) is 78.6 cm³/mol. The normalized spacial score (nSPS) is 12.1. The van der Waals surface area contributed by atoms with Crippen LogP contribution in [0.15, 0.2) is 53.4 Å². The Labute approximate surface area is 117 Å². The summed E-state index contributed by atoms with van der Waals surface area (Å²) in [5.74, 6) is -0.810. The van der Waals surface area contributed by atoms with Gasteiger partial charge >= 0.3 is 5.97 Å². The molecule has 3 heteroatoms. The molecule has 0 aliphatic rings. The summed E-state index contributed by atoms with van der Waals surface area (Å²) in [6.45, 7) is 4.05. The van der Waals surface area contributed by atoms with Crippen LogP contribution in [0.2, 0.25) is 0 Å². The number of carbonyl (C=O) groups is 1. The molecule has 0 saturated carbocycles. The van der Waals surface area contributed by atoms with Crippen molar-refractivity contribution in [1.29, 1.82) is 0 Å². The van der Waals surface area contributed by atoms with E-state index in [2.05, 4.69) is 6.07 Å². The largest absolute Gasteiger partial charge is 0.480 e. The molecule has 0 aliphatic heterocycles. The summed E-state index contributed by atoms with van der Waals surface area (Å²) in [6, 6.07) is 15.5. The number of aliphatic carboxylic acids is 1. The maximum absolute atomic E-state index is 11.5. The lowest BCUT2D eigenvalue weighted by molar-refractivity contribution is -0.136. The molecule has 1 unspecified atom stereocenters. The van der Waals surface area contributed by atoms with Crippen molar-refractivity contribution >= 4 is 17.7 Å². The van der Waals surface area contributed by atoms with E-state index < -0.39 is 11.2 Å². The van der Waals surface area contributed by atoms with Gasteiger partial charge in [-0.05, 0) is 42.7 Å². The minimum absolute atomic E-state index is 0.567. The molecule has 0 amide bonds. The molecule has 0 fully saturated rings. The summed E-state index contributed by atoms with van der Waals surface area (Å²) < 4.78 is 0. The van der Waals surface area contributed by atoms with E-state index >= 15 is 0 Å². The molecule has 2 nitrogen and oxygen atoms in total. The monoisotopic (exact) mass is 272 g/mol. The lowest BCUT2D eigenvalue weighted by Crippen LogP contribution is -2.07. The van der Waals surface area contributed by atoms with Crippen molar-refractivity contribution in [3.63, 3.8) is 0 Å². The van der Waals surface area contributed by atoms with Gasteiger partial charge in [0.1, 0.15) is 5.25 Å². The second-order valence-corrected chi connectivity index (χ2v) is 5.75. The van der Waals surface area contributed by atoms with E-state index in [4.69, 9.17) is 0 Å². The minimum atomic E-state index is -0.810. The first-order valence-corrected chi connectivity index (χ1v) is 6.97. The number of aryl methyl sites for hydroxylation is 2. The summed E-state index contributed by atoms with van der Waals surface area (Å²) in [4.78, 5) is 12.4. The molecule has 0 aromatic heterocycles. The third-order valence-corrected chi connectivity index (χ3v) is 3.99. The summed E-state index contributed by atoms with van der Waals surface area (Å²) in [5, 5.41) is 8.84. The van der Waals surface area contributed by atoms with Crippen LogP contribution in [-0.4, -0.2) is 11.1 Å². The minimum Gasteiger partial charge on any atom is -0.480 e. The first kappa shape index (κ1) is 13.7. The number of hydrogen-bond donors (Lipinski definition) is 1. The zero-order chi connectivity index (χ0) is 13.8.